The number of aromatic nitrogens is 3. The van der Waals surface area contributed by atoms with Gasteiger partial charge in [0.2, 0.25) is 12.7 Å². The molecule has 8 heteroatoms. The van der Waals surface area contributed by atoms with E-state index in [-0.39, 0.29) is 37.0 Å². The summed E-state index contributed by atoms with van der Waals surface area (Å²) in [5.41, 5.74) is 0.673. The molecular formula is C16H18N4O4. The lowest BCUT2D eigenvalue weighted by molar-refractivity contribution is -0.122. The first-order valence-corrected chi connectivity index (χ1v) is 7.94. The van der Waals surface area contributed by atoms with E-state index in [0.717, 1.165) is 18.4 Å². The molecule has 8 nitrogen and oxygen atoms in total. The lowest BCUT2D eigenvalue weighted by atomic mass is 10.1. The smallest absolute Gasteiger partial charge is 0.346 e. The Labute approximate surface area is 138 Å². The molecule has 1 aliphatic heterocycles. The average Bonchev–Trinajstić information content (AvgIpc) is 3.18. The number of nitrogens with one attached hydrogen (secondary N) is 1. The molecule has 1 fully saturated rings. The fourth-order valence-corrected chi connectivity index (χ4v) is 2.75. The minimum atomic E-state index is -0.261. The zero-order valence-corrected chi connectivity index (χ0v) is 13.3. The van der Waals surface area contributed by atoms with Crippen LogP contribution in [0.2, 0.25) is 0 Å². The highest BCUT2D eigenvalue weighted by Gasteiger charge is 2.26. The van der Waals surface area contributed by atoms with Crippen LogP contribution in [0.1, 0.15) is 37.4 Å². The quantitative estimate of drug-likeness (QED) is 0.883. The third kappa shape index (κ3) is 2.75. The van der Waals surface area contributed by atoms with Gasteiger partial charge < -0.3 is 14.8 Å². The SMILES string of the molecule is C[C@H](NC(=O)Cn1ncn(C2CC2)c1=O)c1ccc2c(c1)OCO2. The predicted molar refractivity (Wildman–Crippen MR) is 83.9 cm³/mol. The van der Waals surface area contributed by atoms with Gasteiger partial charge in [-0.25, -0.2) is 9.48 Å². The van der Waals surface area contributed by atoms with Crippen LogP contribution in [0.15, 0.2) is 29.3 Å². The summed E-state index contributed by atoms with van der Waals surface area (Å²) in [4.78, 5) is 24.3. The molecule has 0 bridgehead atoms. The van der Waals surface area contributed by atoms with E-state index in [1.807, 2.05) is 25.1 Å². The van der Waals surface area contributed by atoms with Crippen LogP contribution in [0.4, 0.5) is 0 Å². The summed E-state index contributed by atoms with van der Waals surface area (Å²) in [5, 5.41) is 6.89. The molecule has 24 heavy (non-hydrogen) atoms. The van der Waals surface area contributed by atoms with Crippen molar-refractivity contribution in [3.8, 4) is 11.5 Å². The summed E-state index contributed by atoms with van der Waals surface area (Å²) >= 11 is 0. The van der Waals surface area contributed by atoms with E-state index < -0.39 is 0 Å². The summed E-state index contributed by atoms with van der Waals surface area (Å²) in [5.74, 6) is 1.12. The molecule has 1 saturated carbocycles. The summed E-state index contributed by atoms with van der Waals surface area (Å²) < 4.78 is 13.4. The first-order chi connectivity index (χ1) is 11.6. The molecule has 0 spiro atoms. The van der Waals surface area contributed by atoms with Crippen LogP contribution in [-0.2, 0) is 11.3 Å². The second kappa shape index (κ2) is 5.70. The molecule has 0 saturated heterocycles. The van der Waals surface area contributed by atoms with Crippen LogP contribution in [-0.4, -0.2) is 27.0 Å². The van der Waals surface area contributed by atoms with Gasteiger partial charge in [-0.1, -0.05) is 6.07 Å². The van der Waals surface area contributed by atoms with Gasteiger partial charge in [0, 0.05) is 6.04 Å². The van der Waals surface area contributed by atoms with Crippen molar-refractivity contribution in [3.63, 3.8) is 0 Å². The Morgan fingerprint density at radius 1 is 1.38 bits per heavy atom. The number of benzene rings is 1. The van der Waals surface area contributed by atoms with Gasteiger partial charge >= 0.3 is 5.69 Å². The molecule has 1 N–H and O–H groups in total. The molecule has 0 radical (unpaired) electrons. The maximum Gasteiger partial charge on any atom is 0.346 e. The zero-order chi connectivity index (χ0) is 16.7. The van der Waals surface area contributed by atoms with Crippen LogP contribution in [0, 0.1) is 0 Å². The van der Waals surface area contributed by atoms with Crippen molar-refractivity contribution in [1.82, 2.24) is 19.7 Å². The molecular weight excluding hydrogens is 312 g/mol. The van der Waals surface area contributed by atoms with Crippen molar-refractivity contribution >= 4 is 5.91 Å². The number of nitrogens with zero attached hydrogens (tertiary/aromatic N) is 3. The normalized spacial score (nSPS) is 16.9. The Balaban J connectivity index is 1.41. The Morgan fingerprint density at radius 2 is 2.17 bits per heavy atom. The molecule has 1 atom stereocenters. The van der Waals surface area contributed by atoms with E-state index in [4.69, 9.17) is 9.47 Å². The van der Waals surface area contributed by atoms with E-state index in [1.165, 1.54) is 11.0 Å². The molecule has 1 aromatic heterocycles. The van der Waals surface area contributed by atoms with Crippen LogP contribution < -0.4 is 20.5 Å². The van der Waals surface area contributed by atoms with Gasteiger partial charge in [0.1, 0.15) is 12.9 Å². The van der Waals surface area contributed by atoms with E-state index in [9.17, 15) is 9.59 Å². The number of fused-ring (bicyclic) bond motifs is 1. The van der Waals surface area contributed by atoms with Crippen molar-refractivity contribution in [2.24, 2.45) is 0 Å². The lowest BCUT2D eigenvalue weighted by Gasteiger charge is -2.14. The lowest BCUT2D eigenvalue weighted by Crippen LogP contribution is -2.34. The van der Waals surface area contributed by atoms with Gasteiger partial charge in [-0.15, -0.1) is 0 Å². The number of carbonyl (C=O) groups is 1. The summed E-state index contributed by atoms with van der Waals surface area (Å²) in [6, 6.07) is 5.59. The van der Waals surface area contributed by atoms with Crippen molar-refractivity contribution < 1.29 is 14.3 Å². The van der Waals surface area contributed by atoms with Gasteiger partial charge in [0.25, 0.3) is 0 Å². The minimum absolute atomic E-state index is 0.0898. The molecule has 126 valence electrons. The van der Waals surface area contributed by atoms with Crippen LogP contribution in [0.5, 0.6) is 11.5 Å². The van der Waals surface area contributed by atoms with E-state index >= 15 is 0 Å². The predicted octanol–water partition coefficient (Wildman–Crippen LogP) is 0.986. The average molecular weight is 330 g/mol. The van der Waals surface area contributed by atoms with Gasteiger partial charge in [-0.2, -0.15) is 5.10 Å². The minimum Gasteiger partial charge on any atom is -0.454 e. The van der Waals surface area contributed by atoms with E-state index in [2.05, 4.69) is 10.4 Å². The molecule has 2 aromatic rings. The van der Waals surface area contributed by atoms with Crippen molar-refractivity contribution in [2.45, 2.75) is 38.4 Å². The van der Waals surface area contributed by atoms with Crippen LogP contribution in [0.3, 0.4) is 0 Å². The maximum absolute atomic E-state index is 12.2. The number of rotatable bonds is 5. The van der Waals surface area contributed by atoms with Crippen molar-refractivity contribution in [3.05, 3.63) is 40.6 Å². The van der Waals surface area contributed by atoms with Crippen LogP contribution in [0.25, 0.3) is 0 Å². The monoisotopic (exact) mass is 330 g/mol. The van der Waals surface area contributed by atoms with Crippen molar-refractivity contribution in [2.75, 3.05) is 6.79 Å². The molecule has 1 aliphatic carbocycles. The second-order valence-corrected chi connectivity index (χ2v) is 6.11. The molecule has 1 amide bonds. The van der Waals surface area contributed by atoms with E-state index in [0.29, 0.717) is 11.5 Å². The number of carbonyl (C=O) groups excluding carboxylic acids is 1. The highest BCUT2D eigenvalue weighted by atomic mass is 16.7. The van der Waals surface area contributed by atoms with Crippen molar-refractivity contribution in [1.29, 1.82) is 0 Å². The Bertz CT molecular complexity index is 837. The standard InChI is InChI=1S/C16H18N4O4/c1-10(11-2-5-13-14(6-11)24-9-23-13)18-15(21)7-20-16(22)19(8-17-20)12-3-4-12/h2,5-6,8,10,12H,3-4,7,9H2,1H3,(H,18,21)/t10-/m0/s1. The van der Waals surface area contributed by atoms with Gasteiger partial charge in [-0.3, -0.25) is 9.36 Å². The molecule has 1 aromatic carbocycles. The number of ether oxygens (including phenoxy) is 2. The number of hydrogen-bond acceptors (Lipinski definition) is 5. The highest BCUT2D eigenvalue weighted by Crippen LogP contribution is 2.34. The Hall–Kier alpha value is -2.77. The molecule has 2 heterocycles. The molecule has 0 unspecified atom stereocenters. The fraction of sp³-hybridized carbons (Fsp3) is 0.438. The summed E-state index contributed by atoms with van der Waals surface area (Å²) in [6.45, 7) is 2.00. The van der Waals surface area contributed by atoms with Gasteiger partial charge in [-0.05, 0) is 37.5 Å². The van der Waals surface area contributed by atoms with Gasteiger partial charge in [0.15, 0.2) is 11.5 Å². The molecule has 4 rings (SSSR count). The number of amides is 1. The topological polar surface area (TPSA) is 87.4 Å². The fourth-order valence-electron chi connectivity index (χ4n) is 2.75. The Kier molecular flexibility index (Phi) is 3.51. The summed E-state index contributed by atoms with van der Waals surface area (Å²) in [7, 11) is 0. The van der Waals surface area contributed by atoms with E-state index in [1.54, 1.807) is 4.57 Å². The number of hydrogen-bond donors (Lipinski definition) is 1. The second-order valence-electron chi connectivity index (χ2n) is 6.11. The Morgan fingerprint density at radius 3 is 2.96 bits per heavy atom. The third-order valence-corrected chi connectivity index (χ3v) is 4.26. The largest absolute Gasteiger partial charge is 0.454 e. The van der Waals surface area contributed by atoms with Gasteiger partial charge in [0.05, 0.1) is 6.04 Å². The summed E-state index contributed by atoms with van der Waals surface area (Å²) in [6.07, 6.45) is 3.51. The van der Waals surface area contributed by atoms with Crippen LogP contribution >= 0.6 is 0 Å². The first-order valence-electron chi connectivity index (χ1n) is 7.94. The zero-order valence-electron chi connectivity index (χ0n) is 13.3. The molecule has 2 aliphatic rings. The maximum atomic E-state index is 12.2. The first kappa shape index (κ1) is 14.8. The third-order valence-electron chi connectivity index (χ3n) is 4.26. The highest BCUT2D eigenvalue weighted by molar-refractivity contribution is 5.76.